The van der Waals surface area contributed by atoms with Crippen molar-refractivity contribution in [3.05, 3.63) is 17.7 Å². The Morgan fingerprint density at radius 3 is 3.17 bits per heavy atom. The second-order valence-electron chi connectivity index (χ2n) is 3.07. The smallest absolute Gasteiger partial charge is 0.104 e. The number of hydrazone groups is 1. The average molecular weight is 164 g/mol. The summed E-state index contributed by atoms with van der Waals surface area (Å²) in [7, 11) is 0. The van der Waals surface area contributed by atoms with E-state index in [1.165, 1.54) is 12.8 Å². The summed E-state index contributed by atoms with van der Waals surface area (Å²) in [6, 6.07) is 0.612. The first-order valence-corrected chi connectivity index (χ1v) is 4.15. The molecule has 1 aliphatic carbocycles. The molecule has 0 amide bonds. The third-order valence-electron chi connectivity index (χ3n) is 1.89. The molecular formula is C8H12N4. The molecule has 1 aromatic heterocycles. The molecule has 0 spiro atoms. The first-order chi connectivity index (χ1) is 5.86. The normalized spacial score (nSPS) is 17.1. The van der Waals surface area contributed by atoms with Crippen LogP contribution < -0.4 is 5.43 Å². The molecule has 0 bridgehead atoms. The van der Waals surface area contributed by atoms with Crippen LogP contribution in [0.5, 0.6) is 0 Å². The van der Waals surface area contributed by atoms with E-state index in [1.54, 1.807) is 12.5 Å². The number of imidazole rings is 1. The first kappa shape index (κ1) is 7.34. The minimum atomic E-state index is 0.612. The molecule has 1 heterocycles. The summed E-state index contributed by atoms with van der Waals surface area (Å²) in [4.78, 5) is 7.08. The highest BCUT2D eigenvalue weighted by Gasteiger charge is 2.19. The second kappa shape index (κ2) is 2.97. The van der Waals surface area contributed by atoms with Crippen molar-refractivity contribution < 1.29 is 0 Å². The molecule has 4 heteroatoms. The number of aryl methyl sites for hydroxylation is 1. The van der Waals surface area contributed by atoms with Gasteiger partial charge in [0, 0.05) is 11.7 Å². The molecule has 0 aromatic carbocycles. The Morgan fingerprint density at radius 1 is 1.75 bits per heavy atom. The van der Waals surface area contributed by atoms with Crippen LogP contribution in [0, 0.1) is 6.92 Å². The van der Waals surface area contributed by atoms with Crippen molar-refractivity contribution in [2.45, 2.75) is 25.8 Å². The summed E-state index contributed by atoms with van der Waals surface area (Å²) in [5.74, 6) is 0. The summed E-state index contributed by atoms with van der Waals surface area (Å²) in [5.41, 5.74) is 5.00. The van der Waals surface area contributed by atoms with Gasteiger partial charge in [-0.1, -0.05) is 0 Å². The summed E-state index contributed by atoms with van der Waals surface area (Å²) in [6.45, 7) is 1.98. The van der Waals surface area contributed by atoms with Crippen LogP contribution in [0.1, 0.15) is 24.2 Å². The number of rotatable bonds is 3. The molecule has 0 saturated heterocycles. The van der Waals surface area contributed by atoms with Gasteiger partial charge in [0.25, 0.3) is 0 Å². The van der Waals surface area contributed by atoms with E-state index in [9.17, 15) is 0 Å². The number of H-pyrrole nitrogens is 1. The Labute approximate surface area is 71.1 Å². The van der Waals surface area contributed by atoms with Gasteiger partial charge in [0.15, 0.2) is 0 Å². The highest BCUT2D eigenvalue weighted by Crippen LogP contribution is 2.18. The molecule has 12 heavy (non-hydrogen) atoms. The molecule has 1 aromatic rings. The van der Waals surface area contributed by atoms with Crippen molar-refractivity contribution in [3.8, 4) is 0 Å². The van der Waals surface area contributed by atoms with Crippen LogP contribution in [0.3, 0.4) is 0 Å². The van der Waals surface area contributed by atoms with Gasteiger partial charge >= 0.3 is 0 Å². The lowest BCUT2D eigenvalue weighted by molar-refractivity contribution is 0.741. The van der Waals surface area contributed by atoms with Crippen molar-refractivity contribution in [2.75, 3.05) is 0 Å². The van der Waals surface area contributed by atoms with Crippen LogP contribution in [-0.2, 0) is 0 Å². The third-order valence-corrected chi connectivity index (χ3v) is 1.89. The molecule has 0 aliphatic heterocycles. The van der Waals surface area contributed by atoms with Crippen LogP contribution in [0.15, 0.2) is 11.4 Å². The van der Waals surface area contributed by atoms with Gasteiger partial charge in [-0.25, -0.2) is 4.98 Å². The Hall–Kier alpha value is -1.32. The lowest BCUT2D eigenvalue weighted by atomic mass is 10.4. The summed E-state index contributed by atoms with van der Waals surface area (Å²) < 4.78 is 0. The van der Waals surface area contributed by atoms with Crippen LogP contribution in [0.4, 0.5) is 0 Å². The molecular weight excluding hydrogens is 152 g/mol. The highest BCUT2D eigenvalue weighted by atomic mass is 15.3. The Bertz CT molecular complexity index is 285. The van der Waals surface area contributed by atoms with Gasteiger partial charge in [-0.2, -0.15) is 5.10 Å². The topological polar surface area (TPSA) is 53.1 Å². The third kappa shape index (κ3) is 1.64. The van der Waals surface area contributed by atoms with Crippen molar-refractivity contribution in [3.63, 3.8) is 0 Å². The van der Waals surface area contributed by atoms with E-state index >= 15 is 0 Å². The quantitative estimate of drug-likeness (QED) is 0.513. The second-order valence-corrected chi connectivity index (χ2v) is 3.07. The minimum absolute atomic E-state index is 0.612. The van der Waals surface area contributed by atoms with E-state index in [4.69, 9.17) is 0 Å². The first-order valence-electron chi connectivity index (χ1n) is 4.15. The number of aromatic nitrogens is 2. The van der Waals surface area contributed by atoms with Crippen molar-refractivity contribution in [2.24, 2.45) is 5.10 Å². The maximum atomic E-state index is 4.09. The number of aromatic amines is 1. The average Bonchev–Trinajstić information content (AvgIpc) is 2.78. The molecule has 1 aliphatic rings. The SMILES string of the molecule is Cc1[nH]cnc1/C=N/NC1CC1. The van der Waals surface area contributed by atoms with Crippen molar-refractivity contribution >= 4 is 6.21 Å². The van der Waals surface area contributed by atoms with Gasteiger partial charge in [-0.3, -0.25) is 0 Å². The van der Waals surface area contributed by atoms with Crippen molar-refractivity contribution in [1.82, 2.24) is 15.4 Å². The lowest BCUT2D eigenvalue weighted by Crippen LogP contribution is -2.07. The fraction of sp³-hybridized carbons (Fsp3) is 0.500. The summed E-state index contributed by atoms with van der Waals surface area (Å²) in [5, 5.41) is 4.08. The van der Waals surface area contributed by atoms with Gasteiger partial charge < -0.3 is 10.4 Å². The predicted octanol–water partition coefficient (Wildman–Crippen LogP) is 0.804. The maximum Gasteiger partial charge on any atom is 0.104 e. The van der Waals surface area contributed by atoms with E-state index in [2.05, 4.69) is 20.5 Å². The largest absolute Gasteiger partial charge is 0.348 e. The molecule has 2 N–H and O–H groups in total. The van der Waals surface area contributed by atoms with Crippen LogP contribution >= 0.6 is 0 Å². The van der Waals surface area contributed by atoms with E-state index in [0.29, 0.717) is 6.04 Å². The van der Waals surface area contributed by atoms with Crippen LogP contribution in [0.25, 0.3) is 0 Å². The van der Waals surface area contributed by atoms with Gasteiger partial charge in [-0.15, -0.1) is 0 Å². The van der Waals surface area contributed by atoms with E-state index in [0.717, 1.165) is 11.4 Å². The fourth-order valence-electron chi connectivity index (χ4n) is 0.916. The molecule has 64 valence electrons. The standard InChI is InChI=1S/C8H12N4/c1-6-8(10-5-9-6)4-11-12-7-2-3-7/h4-5,7,12H,2-3H2,1H3,(H,9,10)/b11-4+. The zero-order valence-corrected chi connectivity index (χ0v) is 7.04. The van der Waals surface area contributed by atoms with Crippen LogP contribution in [0.2, 0.25) is 0 Å². The minimum Gasteiger partial charge on any atom is -0.348 e. The van der Waals surface area contributed by atoms with E-state index in [1.807, 2.05) is 6.92 Å². The summed E-state index contributed by atoms with van der Waals surface area (Å²) in [6.07, 6.45) is 5.92. The number of hydrogen-bond acceptors (Lipinski definition) is 3. The molecule has 0 radical (unpaired) electrons. The van der Waals surface area contributed by atoms with Gasteiger partial charge in [0.05, 0.1) is 12.5 Å². The Morgan fingerprint density at radius 2 is 2.58 bits per heavy atom. The molecule has 1 saturated carbocycles. The van der Waals surface area contributed by atoms with Gasteiger partial charge in [0.2, 0.25) is 0 Å². The number of nitrogens with one attached hydrogen (secondary N) is 2. The fourth-order valence-corrected chi connectivity index (χ4v) is 0.916. The summed E-state index contributed by atoms with van der Waals surface area (Å²) >= 11 is 0. The highest BCUT2D eigenvalue weighted by molar-refractivity contribution is 5.77. The lowest BCUT2D eigenvalue weighted by Gasteiger charge is -1.92. The van der Waals surface area contributed by atoms with E-state index < -0.39 is 0 Å². The van der Waals surface area contributed by atoms with Gasteiger partial charge in [-0.05, 0) is 19.8 Å². The van der Waals surface area contributed by atoms with Crippen molar-refractivity contribution in [1.29, 1.82) is 0 Å². The zero-order chi connectivity index (χ0) is 8.39. The maximum absolute atomic E-state index is 4.09. The zero-order valence-electron chi connectivity index (χ0n) is 7.04. The molecule has 0 atom stereocenters. The predicted molar refractivity (Wildman–Crippen MR) is 47.1 cm³/mol. The Kier molecular flexibility index (Phi) is 1.81. The molecule has 1 fully saturated rings. The molecule has 2 rings (SSSR count). The van der Waals surface area contributed by atoms with E-state index in [-0.39, 0.29) is 0 Å². The van der Waals surface area contributed by atoms with Crippen LogP contribution in [-0.4, -0.2) is 22.2 Å². The number of hydrogen-bond donors (Lipinski definition) is 2. The molecule has 0 unspecified atom stereocenters. The van der Waals surface area contributed by atoms with Gasteiger partial charge in [0.1, 0.15) is 5.69 Å². The molecule has 4 nitrogen and oxygen atoms in total. The monoisotopic (exact) mass is 164 g/mol. The number of nitrogens with zero attached hydrogens (tertiary/aromatic N) is 2. The Balaban J connectivity index is 1.92.